The lowest BCUT2D eigenvalue weighted by Gasteiger charge is -2.12. The van der Waals surface area contributed by atoms with Crippen LogP contribution in [0.2, 0.25) is 20.1 Å². The second-order valence-electron chi connectivity index (χ2n) is 30.7. The van der Waals surface area contributed by atoms with Crippen molar-refractivity contribution in [2.75, 3.05) is 39.6 Å². The number of aromatic nitrogens is 6. The molecule has 0 spiro atoms. The van der Waals surface area contributed by atoms with Gasteiger partial charge in [0.1, 0.15) is 17.1 Å². The fraction of sp³-hybridized carbons (Fsp3) is 0.317. The molecule has 0 atom stereocenters. The molecule has 0 saturated carbocycles. The number of halogens is 7. The highest BCUT2D eigenvalue weighted by molar-refractivity contribution is 6.33. The molecule has 0 fully saturated rings. The van der Waals surface area contributed by atoms with Crippen LogP contribution in [-0.4, -0.2) is 138 Å². The zero-order chi connectivity index (χ0) is 96.2. The molecule has 7 N–H and O–H groups in total. The molecule has 8 aromatic carbocycles. The number of carbonyl (C=O) groups is 9. The van der Waals surface area contributed by atoms with Gasteiger partial charge in [0.25, 0.3) is 0 Å². The molecular formula is C101H107Cl4F3N6O18. The third-order valence-electron chi connectivity index (χ3n) is 21.5. The first-order valence-electron chi connectivity index (χ1n) is 43.2. The highest BCUT2D eigenvalue weighted by Crippen LogP contribution is 2.43. The number of aryl methyl sites for hydroxylation is 10. The van der Waals surface area contributed by atoms with Crippen molar-refractivity contribution >= 4 is 166 Å². The van der Waals surface area contributed by atoms with Crippen LogP contribution in [0.1, 0.15) is 190 Å². The summed E-state index contributed by atoms with van der Waals surface area (Å²) in [6.45, 7) is 23.2. The summed E-state index contributed by atoms with van der Waals surface area (Å²) in [4.78, 5) is 117. The minimum atomic E-state index is -4.57. The lowest BCUT2D eigenvalue weighted by Crippen LogP contribution is -2.12. The molecule has 0 bridgehead atoms. The van der Waals surface area contributed by atoms with E-state index in [1.165, 1.54) is 23.3 Å². The first-order chi connectivity index (χ1) is 63.0. The third kappa shape index (κ3) is 27.6. The van der Waals surface area contributed by atoms with Gasteiger partial charge in [0.15, 0.2) is 0 Å². The number of alkyl halides is 3. The zero-order valence-electron chi connectivity index (χ0n) is 75.2. The van der Waals surface area contributed by atoms with Crippen LogP contribution in [0.3, 0.4) is 0 Å². The Morgan fingerprint density at radius 1 is 0.364 bits per heavy atom. The van der Waals surface area contributed by atoms with Crippen molar-refractivity contribution in [1.29, 1.82) is 0 Å². The summed E-state index contributed by atoms with van der Waals surface area (Å²) in [7, 11) is 0. The number of carbonyl (C=O) groups excluding carboxylic acids is 6. The molecule has 0 aliphatic carbocycles. The summed E-state index contributed by atoms with van der Waals surface area (Å²) in [5, 5.41) is 33.8. The molecule has 698 valence electrons. The lowest BCUT2D eigenvalue weighted by atomic mass is 10.0. The second kappa shape index (κ2) is 48.9. The van der Waals surface area contributed by atoms with E-state index in [4.69, 9.17) is 85.0 Å². The molecule has 0 amide bonds. The molecule has 24 nitrogen and oxygen atoms in total. The number of rotatable bonds is 31. The summed E-state index contributed by atoms with van der Waals surface area (Å²) in [5.41, 5.74) is 17.1. The molecule has 31 heteroatoms. The van der Waals surface area contributed by atoms with Crippen LogP contribution in [0.4, 0.5) is 13.2 Å². The van der Waals surface area contributed by atoms with Crippen molar-refractivity contribution in [3.8, 4) is 0 Å². The van der Waals surface area contributed by atoms with Crippen molar-refractivity contribution in [1.82, 2.24) is 29.1 Å². The molecule has 14 aromatic rings. The molecule has 0 radical (unpaired) electrons. The van der Waals surface area contributed by atoms with Crippen molar-refractivity contribution < 1.29 is 100 Å². The van der Waals surface area contributed by atoms with Crippen molar-refractivity contribution in [2.24, 2.45) is 0 Å². The first kappa shape index (κ1) is 103. The van der Waals surface area contributed by atoms with E-state index in [0.29, 0.717) is 107 Å². The molecule has 0 saturated heterocycles. The minimum absolute atomic E-state index is 0.0193. The Morgan fingerprint density at radius 3 is 1.15 bits per heavy atom. The quantitative estimate of drug-likeness (QED) is 0.0157. The molecule has 0 aliphatic rings. The van der Waals surface area contributed by atoms with Crippen molar-refractivity contribution in [3.05, 3.63) is 279 Å². The molecule has 132 heavy (non-hydrogen) atoms. The largest absolute Gasteiger partial charge is 0.481 e. The normalized spacial score (nSPS) is 11.0. The minimum Gasteiger partial charge on any atom is -0.481 e. The van der Waals surface area contributed by atoms with E-state index in [2.05, 4.69) is 48.8 Å². The van der Waals surface area contributed by atoms with Gasteiger partial charge in [-0.05, 0) is 250 Å². The summed E-state index contributed by atoms with van der Waals surface area (Å²) in [5.74, 6) is -4.74. The van der Waals surface area contributed by atoms with E-state index < -0.39 is 47.6 Å². The maximum absolute atomic E-state index is 13.3. The summed E-state index contributed by atoms with van der Waals surface area (Å²) < 4.78 is 73.7. The summed E-state index contributed by atoms with van der Waals surface area (Å²) in [6.07, 6.45) is -1.33. The number of nitrogens with one attached hydrogen (secondary N) is 4. The van der Waals surface area contributed by atoms with Gasteiger partial charge in [0.05, 0.1) is 50.2 Å². The molecule has 14 rings (SSSR count). The number of esters is 6. The van der Waals surface area contributed by atoms with Crippen LogP contribution >= 0.6 is 46.4 Å². The molecule has 6 heterocycles. The average molecular weight is 1890 g/mol. The Morgan fingerprint density at radius 2 is 0.712 bits per heavy atom. The molecule has 6 aromatic heterocycles. The Kier molecular flexibility index (Phi) is 38.1. The maximum Gasteiger partial charge on any atom is 0.418 e. The van der Waals surface area contributed by atoms with Gasteiger partial charge in [-0.2, -0.15) is 13.2 Å². The summed E-state index contributed by atoms with van der Waals surface area (Å²) >= 11 is 24.1. The zero-order valence-corrected chi connectivity index (χ0v) is 78.3. The predicted octanol–water partition coefficient (Wildman–Crippen LogP) is 23.3. The van der Waals surface area contributed by atoms with E-state index >= 15 is 0 Å². The van der Waals surface area contributed by atoms with Crippen molar-refractivity contribution in [2.45, 2.75) is 172 Å². The number of hydrogen-bond donors (Lipinski definition) is 7. The van der Waals surface area contributed by atoms with Crippen LogP contribution < -0.4 is 0 Å². The van der Waals surface area contributed by atoms with Gasteiger partial charge >= 0.3 is 59.9 Å². The fourth-order valence-electron chi connectivity index (χ4n) is 15.7. The Labute approximate surface area is 781 Å². The highest BCUT2D eigenvalue weighted by Gasteiger charge is 2.37. The number of carboxylic acid groups (broad SMARTS) is 3. The number of aliphatic carboxylic acids is 2. The van der Waals surface area contributed by atoms with Crippen LogP contribution in [0, 0.1) is 34.6 Å². The number of nitrogens with zero attached hydrogens (tertiary/aromatic N) is 2. The predicted molar refractivity (Wildman–Crippen MR) is 507 cm³/mol. The van der Waals surface area contributed by atoms with E-state index in [1.54, 1.807) is 83.4 Å². The summed E-state index contributed by atoms with van der Waals surface area (Å²) in [6, 6.07) is 51.2. The highest BCUT2D eigenvalue weighted by atomic mass is 35.5. The van der Waals surface area contributed by atoms with Crippen molar-refractivity contribution in [3.63, 3.8) is 0 Å². The Hall–Kier alpha value is -12.8. The second-order valence-corrected chi connectivity index (χ2v) is 32.4. The van der Waals surface area contributed by atoms with Gasteiger partial charge in [-0.15, -0.1) is 0 Å². The Bertz CT molecular complexity index is 6320. The Balaban J connectivity index is 0.000000179. The number of carboxylic acids is 3. The van der Waals surface area contributed by atoms with Gasteiger partial charge in [0.2, 0.25) is 0 Å². The SMILES string of the molecule is CCOC(=O)CCc1c(C(=O)O)n(Cc2ccccc2)c2ccc(Cl)cc12.CCOC(=O)CCc1c(C(=O)OCC)[nH]c2ccc(C)cc12.CCOC(=O)CCc1c(C(=O)OCC)[nH]c2ccc(Cl)cc12.CCOC(=O)CCc1c(C)[nH]c2ccc(Cl)c(C(F)(F)F)c12.Cc1c(CCC(=O)O)c2cc(Cl)ccc2n1Cc1ccccc1.Cc1ccc2[nH]c(C)c(CCC(=O)O)c2c1. The topological polar surface area (TPSA) is 343 Å². The first-order valence-corrected chi connectivity index (χ1v) is 44.7. The monoisotopic (exact) mass is 1890 g/mol. The third-order valence-corrected chi connectivity index (χ3v) is 22.5. The number of benzene rings is 8. The average Bonchev–Trinajstić information content (AvgIpc) is 1.68. The van der Waals surface area contributed by atoms with Gasteiger partial charge < -0.3 is 72.8 Å². The number of hydrogen-bond acceptors (Lipinski definition) is 15. The van der Waals surface area contributed by atoms with Crippen LogP contribution in [0.5, 0.6) is 0 Å². The van der Waals surface area contributed by atoms with E-state index in [0.717, 1.165) is 106 Å². The van der Waals surface area contributed by atoms with Gasteiger partial charge in [-0.1, -0.05) is 130 Å². The molecule has 0 aliphatic heterocycles. The standard InChI is InChI=1S/C21H20ClNO4.C19H18ClNO2.C17H21NO4.C16H18ClNO4.C15H15ClF3NO2.C13H15NO2/c1-2-27-19(24)11-9-16-17-12-15(22)8-10-18(17)23(20(16)21(25)26)13-14-6-4-3-5-7-14;1-13-16(8-10-19(22)23)17-11-15(20)7-9-18(17)21(13)12-14-5-3-2-4-6-14;1-4-21-15(19)9-7-12-13-10-11(3)6-8-14(13)18-16(12)17(20)22-5-2;1-3-21-14(19)8-6-11-12-9-10(17)5-7-13(12)18-15(11)16(20)22-4-2;1-3-22-12(21)7-4-9-8(2)20-11-6-5-10(16)14(13(9)11)15(17,18)19;1-8-3-5-12-11(7-8)10(9(2)14-12)4-6-13(15)16/h3-8,10,12H,2,9,11,13H2,1H3,(H,25,26);2-7,9,11H,8,10,12H2,1H3,(H,22,23);6,8,10,18H,4-5,7,9H2,1-3H3;5,7,9,18H,3-4,6,8H2,1-2H3;5-6,20H,3-4,7H2,1-2H3;3,5,7,14H,4,6H2,1-2H3,(H,15,16). The molecular weight excluding hydrogens is 1780 g/mol. The van der Waals surface area contributed by atoms with Gasteiger partial charge in [0, 0.05) is 149 Å². The lowest BCUT2D eigenvalue weighted by molar-refractivity contribution is -0.144. The molecule has 0 unspecified atom stereocenters. The number of H-pyrrole nitrogens is 4. The van der Waals surface area contributed by atoms with Gasteiger partial charge in [-0.3, -0.25) is 28.8 Å². The van der Waals surface area contributed by atoms with Gasteiger partial charge in [-0.25, -0.2) is 14.4 Å². The van der Waals surface area contributed by atoms with Crippen LogP contribution in [-0.2, 0) is 115 Å². The van der Waals surface area contributed by atoms with Crippen LogP contribution in [0.15, 0.2) is 164 Å². The van der Waals surface area contributed by atoms with E-state index in [1.807, 2.05) is 125 Å². The number of aromatic carboxylic acids is 1. The number of aromatic amines is 4. The number of fused-ring (bicyclic) bond motifs is 6. The van der Waals surface area contributed by atoms with E-state index in [9.17, 15) is 61.4 Å². The smallest absolute Gasteiger partial charge is 0.418 e. The number of ether oxygens (including phenoxy) is 6. The maximum atomic E-state index is 13.3. The van der Waals surface area contributed by atoms with Crippen LogP contribution in [0.25, 0.3) is 65.4 Å². The van der Waals surface area contributed by atoms with E-state index in [-0.39, 0.29) is 98.6 Å². The fourth-order valence-corrected chi connectivity index (χ4v) is 16.4.